The van der Waals surface area contributed by atoms with Crippen molar-refractivity contribution in [1.82, 2.24) is 19.7 Å². The molecule has 0 fully saturated rings. The molecule has 8 nitrogen and oxygen atoms in total. The summed E-state index contributed by atoms with van der Waals surface area (Å²) >= 11 is 1.59. The first-order valence-corrected chi connectivity index (χ1v) is 10.7. The van der Waals surface area contributed by atoms with E-state index in [9.17, 15) is 0 Å². The predicted octanol–water partition coefficient (Wildman–Crippen LogP) is 4.52. The summed E-state index contributed by atoms with van der Waals surface area (Å²) in [6.07, 6.45) is 0. The molecule has 1 aromatic carbocycles. The standard InChI is InChI=1S/C21H28N4O4S/c1-12(2)10-25-14(4)13(3)22-21(25)30-11-18-23-24-20(29-18)15-8-16(26-5)19(28-7)17(9-15)27-6/h8-9,12H,10-11H2,1-7H3. The molecule has 2 aromatic heterocycles. The lowest BCUT2D eigenvalue weighted by Gasteiger charge is -2.12. The van der Waals surface area contributed by atoms with Crippen molar-refractivity contribution in [2.45, 2.75) is 45.1 Å². The van der Waals surface area contributed by atoms with Gasteiger partial charge in [0.2, 0.25) is 17.5 Å². The molecule has 0 aliphatic heterocycles. The summed E-state index contributed by atoms with van der Waals surface area (Å²) in [6, 6.07) is 3.57. The summed E-state index contributed by atoms with van der Waals surface area (Å²) in [5.74, 6) is 3.56. The maximum atomic E-state index is 5.89. The van der Waals surface area contributed by atoms with Crippen molar-refractivity contribution in [3.05, 3.63) is 29.4 Å². The molecule has 2 heterocycles. The highest BCUT2D eigenvalue weighted by Gasteiger charge is 2.19. The van der Waals surface area contributed by atoms with E-state index >= 15 is 0 Å². The number of rotatable bonds is 9. The molecule has 0 unspecified atom stereocenters. The molecule has 30 heavy (non-hydrogen) atoms. The first-order valence-electron chi connectivity index (χ1n) is 9.67. The van der Waals surface area contributed by atoms with E-state index in [-0.39, 0.29) is 0 Å². The third-order valence-electron chi connectivity index (χ3n) is 4.67. The number of hydrogen-bond acceptors (Lipinski definition) is 8. The van der Waals surface area contributed by atoms with E-state index in [4.69, 9.17) is 23.6 Å². The zero-order valence-electron chi connectivity index (χ0n) is 18.5. The van der Waals surface area contributed by atoms with Crippen LogP contribution in [-0.2, 0) is 12.3 Å². The van der Waals surface area contributed by atoms with Crippen molar-refractivity contribution in [1.29, 1.82) is 0 Å². The molecule has 0 aliphatic carbocycles. The fourth-order valence-corrected chi connectivity index (χ4v) is 4.01. The van der Waals surface area contributed by atoms with Crippen LogP contribution in [0, 0.1) is 19.8 Å². The number of aromatic nitrogens is 4. The molecule has 3 aromatic rings. The quantitative estimate of drug-likeness (QED) is 0.456. The number of hydrogen-bond donors (Lipinski definition) is 0. The summed E-state index contributed by atoms with van der Waals surface area (Å²) in [7, 11) is 4.70. The Hall–Kier alpha value is -2.68. The highest BCUT2D eigenvalue weighted by Crippen LogP contribution is 2.41. The van der Waals surface area contributed by atoms with Gasteiger partial charge >= 0.3 is 0 Å². The molecule has 0 saturated heterocycles. The van der Waals surface area contributed by atoms with Crippen LogP contribution in [0.4, 0.5) is 0 Å². The van der Waals surface area contributed by atoms with Gasteiger partial charge in [-0.15, -0.1) is 10.2 Å². The maximum Gasteiger partial charge on any atom is 0.248 e. The number of methoxy groups -OCH3 is 3. The summed E-state index contributed by atoms with van der Waals surface area (Å²) in [6.45, 7) is 9.46. The van der Waals surface area contributed by atoms with E-state index in [1.807, 2.05) is 6.92 Å². The fourth-order valence-electron chi connectivity index (χ4n) is 3.07. The topological polar surface area (TPSA) is 84.4 Å². The van der Waals surface area contributed by atoms with E-state index in [1.165, 1.54) is 5.69 Å². The van der Waals surface area contributed by atoms with Crippen LogP contribution in [0.25, 0.3) is 11.5 Å². The number of benzene rings is 1. The molecule has 9 heteroatoms. The first kappa shape index (κ1) is 22.0. The second kappa shape index (κ2) is 9.42. The van der Waals surface area contributed by atoms with Gasteiger partial charge in [-0.3, -0.25) is 0 Å². The van der Waals surface area contributed by atoms with Gasteiger partial charge in [0.15, 0.2) is 16.7 Å². The van der Waals surface area contributed by atoms with E-state index in [0.29, 0.717) is 46.3 Å². The molecule has 0 spiro atoms. The highest BCUT2D eigenvalue weighted by atomic mass is 32.2. The lowest BCUT2D eigenvalue weighted by molar-refractivity contribution is 0.324. The lowest BCUT2D eigenvalue weighted by atomic mass is 10.2. The van der Waals surface area contributed by atoms with Gasteiger partial charge < -0.3 is 23.2 Å². The SMILES string of the molecule is COc1cc(-c2nnc(CSc3nc(C)c(C)n3CC(C)C)o2)cc(OC)c1OC. The zero-order chi connectivity index (χ0) is 21.8. The second-order valence-electron chi connectivity index (χ2n) is 7.27. The zero-order valence-corrected chi connectivity index (χ0v) is 19.3. The van der Waals surface area contributed by atoms with Gasteiger partial charge in [0.05, 0.1) is 32.8 Å². The van der Waals surface area contributed by atoms with Crippen LogP contribution in [0.2, 0.25) is 0 Å². The molecule has 0 bridgehead atoms. The molecular weight excluding hydrogens is 404 g/mol. The normalized spacial score (nSPS) is 11.2. The lowest BCUT2D eigenvalue weighted by Crippen LogP contribution is -2.07. The van der Waals surface area contributed by atoms with Gasteiger partial charge in [0.1, 0.15) is 0 Å². The minimum Gasteiger partial charge on any atom is -0.493 e. The Labute approximate surface area is 180 Å². The van der Waals surface area contributed by atoms with Crippen LogP contribution in [0.5, 0.6) is 17.2 Å². The Morgan fingerprint density at radius 2 is 1.70 bits per heavy atom. The minimum absolute atomic E-state index is 0.391. The van der Waals surface area contributed by atoms with Gasteiger partial charge in [0.25, 0.3) is 0 Å². The number of thioether (sulfide) groups is 1. The number of nitrogens with zero attached hydrogens (tertiary/aromatic N) is 4. The monoisotopic (exact) mass is 432 g/mol. The summed E-state index contributed by atoms with van der Waals surface area (Å²) in [5.41, 5.74) is 2.93. The van der Waals surface area contributed by atoms with Crippen LogP contribution in [0.3, 0.4) is 0 Å². The third-order valence-corrected chi connectivity index (χ3v) is 5.63. The van der Waals surface area contributed by atoms with Gasteiger partial charge in [-0.1, -0.05) is 25.6 Å². The van der Waals surface area contributed by atoms with Crippen LogP contribution in [-0.4, -0.2) is 41.1 Å². The maximum absolute atomic E-state index is 5.89. The van der Waals surface area contributed by atoms with Gasteiger partial charge in [-0.25, -0.2) is 4.98 Å². The predicted molar refractivity (Wildman–Crippen MR) is 115 cm³/mol. The van der Waals surface area contributed by atoms with E-state index in [2.05, 4.69) is 35.5 Å². The average molecular weight is 433 g/mol. The summed E-state index contributed by atoms with van der Waals surface area (Å²) < 4.78 is 24.3. The van der Waals surface area contributed by atoms with Gasteiger partial charge in [-0.2, -0.15) is 0 Å². The largest absolute Gasteiger partial charge is 0.493 e. The highest BCUT2D eigenvalue weighted by molar-refractivity contribution is 7.98. The smallest absolute Gasteiger partial charge is 0.248 e. The number of ether oxygens (including phenoxy) is 3. The van der Waals surface area contributed by atoms with Crippen molar-refractivity contribution in [3.63, 3.8) is 0 Å². The van der Waals surface area contributed by atoms with Crippen LogP contribution in [0.15, 0.2) is 21.7 Å². The Balaban J connectivity index is 1.81. The van der Waals surface area contributed by atoms with Crippen molar-refractivity contribution in [3.8, 4) is 28.7 Å². The molecule has 0 radical (unpaired) electrons. The van der Waals surface area contributed by atoms with Crippen LogP contribution >= 0.6 is 11.8 Å². The molecule has 162 valence electrons. The van der Waals surface area contributed by atoms with Crippen molar-refractivity contribution < 1.29 is 18.6 Å². The summed E-state index contributed by atoms with van der Waals surface area (Å²) in [4.78, 5) is 4.70. The molecule has 0 aliphatic rings. The second-order valence-corrected chi connectivity index (χ2v) is 8.22. The number of aryl methyl sites for hydroxylation is 1. The molecule has 3 rings (SSSR count). The molecular formula is C21H28N4O4S. The molecule has 0 amide bonds. The Bertz CT molecular complexity index is 988. The molecule has 0 N–H and O–H groups in total. The fraction of sp³-hybridized carbons (Fsp3) is 0.476. The molecule has 0 atom stereocenters. The van der Waals surface area contributed by atoms with E-state index in [1.54, 1.807) is 45.2 Å². The van der Waals surface area contributed by atoms with E-state index in [0.717, 1.165) is 17.4 Å². The van der Waals surface area contributed by atoms with Gasteiger partial charge in [-0.05, 0) is 31.9 Å². The first-order chi connectivity index (χ1) is 14.4. The van der Waals surface area contributed by atoms with E-state index < -0.39 is 0 Å². The number of imidazole rings is 1. The Morgan fingerprint density at radius 1 is 1.03 bits per heavy atom. The minimum atomic E-state index is 0.391. The van der Waals surface area contributed by atoms with Gasteiger partial charge in [0, 0.05) is 17.8 Å². The average Bonchev–Trinajstić information content (AvgIpc) is 3.31. The van der Waals surface area contributed by atoms with Crippen molar-refractivity contribution >= 4 is 11.8 Å². The Kier molecular flexibility index (Phi) is 6.91. The Morgan fingerprint density at radius 3 is 2.27 bits per heavy atom. The molecule has 0 saturated carbocycles. The van der Waals surface area contributed by atoms with Crippen molar-refractivity contribution in [2.24, 2.45) is 5.92 Å². The third kappa shape index (κ3) is 4.56. The van der Waals surface area contributed by atoms with Crippen LogP contribution in [0.1, 0.15) is 31.1 Å². The summed E-state index contributed by atoms with van der Waals surface area (Å²) in [5, 5.41) is 9.35. The van der Waals surface area contributed by atoms with Crippen LogP contribution < -0.4 is 14.2 Å². The van der Waals surface area contributed by atoms with Crippen molar-refractivity contribution in [2.75, 3.05) is 21.3 Å².